The first-order valence-corrected chi connectivity index (χ1v) is 3.03. The van der Waals surface area contributed by atoms with Gasteiger partial charge in [0.05, 0.1) is 18.4 Å². The lowest BCUT2D eigenvalue weighted by Crippen LogP contribution is -1.88. The van der Waals surface area contributed by atoms with Crippen molar-refractivity contribution in [3.63, 3.8) is 0 Å². The summed E-state index contributed by atoms with van der Waals surface area (Å²) in [7, 11) is -2.82. The van der Waals surface area contributed by atoms with E-state index in [0.717, 1.165) is 0 Å². The van der Waals surface area contributed by atoms with E-state index in [1.807, 2.05) is 0 Å². The van der Waals surface area contributed by atoms with Gasteiger partial charge in [0.1, 0.15) is 5.82 Å². The molecular formula is C6H5BrFNO. The van der Waals surface area contributed by atoms with E-state index in [2.05, 4.69) is 25.7 Å². The van der Waals surface area contributed by atoms with Crippen molar-refractivity contribution in [3.8, 4) is 5.88 Å². The molecule has 0 aliphatic carbocycles. The maximum atomic E-state index is 13.2. The molecule has 1 aromatic rings. The van der Waals surface area contributed by atoms with Crippen LogP contribution in [0.3, 0.4) is 0 Å². The Morgan fingerprint density at radius 3 is 3.50 bits per heavy atom. The number of halogens is 2. The average Bonchev–Trinajstić information content (AvgIpc) is 2.08. The first-order chi connectivity index (χ1) is 6.72. The fourth-order valence-electron chi connectivity index (χ4n) is 0.374. The summed E-state index contributed by atoms with van der Waals surface area (Å²) < 4.78 is 51.7. The molecule has 0 aromatic carbocycles. The van der Waals surface area contributed by atoms with E-state index >= 15 is 0 Å². The van der Waals surface area contributed by atoms with Gasteiger partial charge in [0.25, 0.3) is 0 Å². The van der Waals surface area contributed by atoms with Gasteiger partial charge in [-0.25, -0.2) is 9.37 Å². The SMILES string of the molecule is [2H]c1nc(OC([2H])([2H])[2H])c([2H])c(F)c1Br. The van der Waals surface area contributed by atoms with Crippen LogP contribution in [0.1, 0.15) is 6.85 Å². The van der Waals surface area contributed by atoms with Gasteiger partial charge in [-0.1, -0.05) is 0 Å². The van der Waals surface area contributed by atoms with Gasteiger partial charge < -0.3 is 4.74 Å². The molecule has 0 radical (unpaired) electrons. The van der Waals surface area contributed by atoms with Gasteiger partial charge >= 0.3 is 0 Å². The minimum atomic E-state index is -2.82. The van der Waals surface area contributed by atoms with Crippen molar-refractivity contribution in [2.24, 2.45) is 0 Å². The molecule has 0 atom stereocenters. The van der Waals surface area contributed by atoms with Crippen LogP contribution in [0.5, 0.6) is 5.88 Å². The molecule has 0 saturated carbocycles. The van der Waals surface area contributed by atoms with Crippen molar-refractivity contribution >= 4 is 15.9 Å². The maximum Gasteiger partial charge on any atom is 0.215 e. The van der Waals surface area contributed by atoms with Crippen molar-refractivity contribution in [3.05, 3.63) is 22.5 Å². The van der Waals surface area contributed by atoms with Crippen molar-refractivity contribution < 1.29 is 16.0 Å². The zero-order chi connectivity index (χ0) is 11.8. The normalized spacial score (nSPS) is 18.0. The van der Waals surface area contributed by atoms with Crippen molar-refractivity contribution in [1.82, 2.24) is 4.98 Å². The third-order valence-corrected chi connectivity index (χ3v) is 1.29. The zero-order valence-corrected chi connectivity index (χ0v) is 6.20. The van der Waals surface area contributed by atoms with Gasteiger partial charge in [0, 0.05) is 12.2 Å². The number of pyridine rings is 1. The Kier molecular flexibility index (Phi) is 0.940. The van der Waals surface area contributed by atoms with E-state index in [-0.39, 0.29) is 4.47 Å². The molecule has 0 amide bonds. The highest BCUT2D eigenvalue weighted by atomic mass is 79.9. The minimum absolute atomic E-state index is 0.301. The number of aromatic nitrogens is 1. The fourth-order valence-corrected chi connectivity index (χ4v) is 0.562. The standard InChI is InChI=1S/C6H5BrFNO/c1-10-6-2-5(8)4(7)3-9-6/h2-3H,1H3/i1D3,2D,3D. The fraction of sp³-hybridized carbons (Fsp3) is 0.167. The number of hydrogen-bond donors (Lipinski definition) is 0. The summed E-state index contributed by atoms with van der Waals surface area (Å²) in [6, 6.07) is -0.797. The Balaban J connectivity index is 3.21. The molecule has 2 nitrogen and oxygen atoms in total. The van der Waals surface area contributed by atoms with Crippen molar-refractivity contribution in [2.75, 3.05) is 7.04 Å². The second-order valence-electron chi connectivity index (χ2n) is 1.38. The summed E-state index contributed by atoms with van der Waals surface area (Å²) in [5.74, 6) is -1.80. The quantitative estimate of drug-likeness (QED) is 0.708. The minimum Gasteiger partial charge on any atom is -0.481 e. The van der Waals surface area contributed by atoms with Crippen molar-refractivity contribution in [1.29, 1.82) is 0 Å². The molecule has 1 rings (SSSR count). The molecule has 0 N–H and O–H groups in total. The van der Waals surface area contributed by atoms with Gasteiger partial charge in [0.2, 0.25) is 5.88 Å². The van der Waals surface area contributed by atoms with Crippen LogP contribution in [-0.4, -0.2) is 12.0 Å². The second-order valence-corrected chi connectivity index (χ2v) is 2.18. The summed E-state index contributed by atoms with van der Waals surface area (Å²) in [5, 5.41) is 0. The number of hydrogen-bond acceptors (Lipinski definition) is 2. The summed E-state index contributed by atoms with van der Waals surface area (Å²) >= 11 is 2.70. The van der Waals surface area contributed by atoms with Gasteiger partial charge in [-0.3, -0.25) is 0 Å². The number of nitrogens with zero attached hydrogens (tertiary/aromatic N) is 1. The Morgan fingerprint density at radius 1 is 2.00 bits per heavy atom. The highest BCUT2D eigenvalue weighted by Crippen LogP contribution is 2.16. The summed E-state index contributed by atoms with van der Waals surface area (Å²) in [5.41, 5.74) is 0. The van der Waals surface area contributed by atoms with Gasteiger partial charge in [0.15, 0.2) is 0 Å². The van der Waals surface area contributed by atoms with Crippen LogP contribution >= 0.6 is 15.9 Å². The van der Waals surface area contributed by atoms with Crippen LogP contribution in [0.2, 0.25) is 0 Å². The Bertz CT molecular complexity index is 396. The van der Waals surface area contributed by atoms with E-state index in [1.54, 1.807) is 0 Å². The molecule has 0 aliphatic rings. The third-order valence-electron chi connectivity index (χ3n) is 0.762. The van der Waals surface area contributed by atoms with Crippen LogP contribution in [-0.2, 0) is 0 Å². The molecule has 0 fully saturated rings. The average molecular weight is 211 g/mol. The lowest BCUT2D eigenvalue weighted by Gasteiger charge is -1.97. The van der Waals surface area contributed by atoms with Gasteiger partial charge in [-0.15, -0.1) is 0 Å². The number of rotatable bonds is 1. The molecule has 0 spiro atoms. The van der Waals surface area contributed by atoms with E-state index in [1.165, 1.54) is 0 Å². The molecular weight excluding hydrogens is 201 g/mol. The van der Waals surface area contributed by atoms with E-state index < -0.39 is 31.0 Å². The predicted octanol–water partition coefficient (Wildman–Crippen LogP) is 1.99. The lowest BCUT2D eigenvalue weighted by molar-refractivity contribution is 0.393. The molecule has 0 aliphatic heterocycles. The van der Waals surface area contributed by atoms with E-state index in [0.29, 0.717) is 0 Å². The first-order valence-electron chi connectivity index (χ1n) is 4.73. The first kappa shape index (κ1) is 3.17. The molecule has 1 aromatic heterocycles. The van der Waals surface area contributed by atoms with Crippen LogP contribution < -0.4 is 4.74 Å². The molecule has 1 heterocycles. The topological polar surface area (TPSA) is 22.1 Å². The molecule has 54 valence electrons. The van der Waals surface area contributed by atoms with Crippen LogP contribution in [0.15, 0.2) is 16.7 Å². The smallest absolute Gasteiger partial charge is 0.215 e. The lowest BCUT2D eigenvalue weighted by atomic mass is 10.5. The monoisotopic (exact) mass is 210 g/mol. The summed E-state index contributed by atoms with van der Waals surface area (Å²) in [4.78, 5) is 3.33. The van der Waals surface area contributed by atoms with Crippen LogP contribution in [0.25, 0.3) is 0 Å². The molecule has 0 unspecified atom stereocenters. The highest BCUT2D eigenvalue weighted by Gasteiger charge is 2.00. The van der Waals surface area contributed by atoms with Crippen LogP contribution in [0, 0.1) is 5.82 Å². The predicted molar refractivity (Wildman–Crippen MR) is 38.4 cm³/mol. The largest absolute Gasteiger partial charge is 0.481 e. The Morgan fingerprint density at radius 2 is 2.80 bits per heavy atom. The summed E-state index contributed by atoms with van der Waals surface area (Å²) in [6.45, 7) is 0. The third kappa shape index (κ3) is 1.44. The molecule has 4 heteroatoms. The Hall–Kier alpha value is -0.640. The van der Waals surface area contributed by atoms with Gasteiger partial charge in [-0.2, -0.15) is 0 Å². The summed E-state index contributed by atoms with van der Waals surface area (Å²) in [6.07, 6.45) is -0.525. The second kappa shape index (κ2) is 2.96. The molecule has 0 bridgehead atoms. The van der Waals surface area contributed by atoms with Gasteiger partial charge in [-0.05, 0) is 15.9 Å². The molecule has 10 heavy (non-hydrogen) atoms. The van der Waals surface area contributed by atoms with E-state index in [4.69, 9.17) is 6.85 Å². The highest BCUT2D eigenvalue weighted by molar-refractivity contribution is 9.10. The van der Waals surface area contributed by atoms with E-state index in [9.17, 15) is 4.39 Å². The zero-order valence-electron chi connectivity index (χ0n) is 9.61. The van der Waals surface area contributed by atoms with Crippen LogP contribution in [0.4, 0.5) is 4.39 Å². The maximum absolute atomic E-state index is 13.2. The van der Waals surface area contributed by atoms with Crippen molar-refractivity contribution in [2.45, 2.75) is 0 Å². The molecule has 0 saturated heterocycles. The number of methoxy groups -OCH3 is 1. The Labute approximate surface area is 73.2 Å². The number of ether oxygens (including phenoxy) is 1.